The third kappa shape index (κ3) is 2.31. The fraction of sp³-hybridized carbons (Fsp3) is 0.727. The first kappa shape index (κ1) is 10.5. The minimum Gasteiger partial charge on any atom is -0.444 e. The van der Waals surface area contributed by atoms with Crippen LogP contribution in [0.2, 0.25) is 0 Å². The number of amides is 1. The van der Waals surface area contributed by atoms with Crippen molar-refractivity contribution in [2.24, 2.45) is 0 Å². The van der Waals surface area contributed by atoms with E-state index >= 15 is 0 Å². The van der Waals surface area contributed by atoms with Gasteiger partial charge in [-0.15, -0.1) is 0 Å². The standard InChI is InChI=1S/C11H18N2O2/c1-11(2,3)15-10(14)13-7-8-5-4-6-9(13)12-8/h4,6,8-9,12H,5,7H2,1-3H3. The van der Waals surface area contributed by atoms with Crippen LogP contribution in [-0.4, -0.2) is 35.3 Å². The van der Waals surface area contributed by atoms with Gasteiger partial charge in [0.2, 0.25) is 0 Å². The van der Waals surface area contributed by atoms with Crippen molar-refractivity contribution in [1.29, 1.82) is 0 Å². The molecule has 2 aliphatic heterocycles. The van der Waals surface area contributed by atoms with Crippen molar-refractivity contribution < 1.29 is 9.53 Å². The number of carbonyl (C=O) groups excluding carboxylic acids is 1. The van der Waals surface area contributed by atoms with E-state index in [0.717, 1.165) is 13.0 Å². The van der Waals surface area contributed by atoms with Gasteiger partial charge in [-0.3, -0.25) is 10.2 Å². The molecule has 0 spiro atoms. The van der Waals surface area contributed by atoms with Crippen molar-refractivity contribution >= 4 is 6.09 Å². The van der Waals surface area contributed by atoms with Crippen LogP contribution in [0.3, 0.4) is 0 Å². The average Bonchev–Trinajstić information content (AvgIpc) is 2.38. The first-order chi connectivity index (χ1) is 6.96. The molecule has 1 amide bonds. The third-order valence-electron chi connectivity index (χ3n) is 2.53. The van der Waals surface area contributed by atoms with E-state index in [2.05, 4.69) is 11.4 Å². The molecule has 84 valence electrons. The summed E-state index contributed by atoms with van der Waals surface area (Å²) in [5, 5.41) is 3.35. The van der Waals surface area contributed by atoms with Crippen LogP contribution in [0.5, 0.6) is 0 Å². The molecule has 2 unspecified atom stereocenters. The van der Waals surface area contributed by atoms with Crippen molar-refractivity contribution in [3.05, 3.63) is 12.2 Å². The molecule has 15 heavy (non-hydrogen) atoms. The highest BCUT2D eigenvalue weighted by molar-refractivity contribution is 5.69. The summed E-state index contributed by atoms with van der Waals surface area (Å²) < 4.78 is 5.34. The minimum atomic E-state index is -0.419. The Hall–Kier alpha value is -1.03. The molecule has 0 aromatic carbocycles. The van der Waals surface area contributed by atoms with E-state index in [-0.39, 0.29) is 12.3 Å². The molecule has 0 radical (unpaired) electrons. The minimum absolute atomic E-state index is 0.0265. The van der Waals surface area contributed by atoms with Crippen LogP contribution in [0.15, 0.2) is 12.2 Å². The Morgan fingerprint density at radius 3 is 2.87 bits per heavy atom. The predicted molar refractivity (Wildman–Crippen MR) is 57.4 cm³/mol. The first-order valence-electron chi connectivity index (χ1n) is 5.38. The number of hydrogen-bond donors (Lipinski definition) is 1. The number of nitrogens with one attached hydrogen (secondary N) is 1. The summed E-state index contributed by atoms with van der Waals surface area (Å²) in [6.07, 6.45) is 4.94. The molecule has 2 rings (SSSR count). The van der Waals surface area contributed by atoms with Gasteiger partial charge in [0.05, 0.1) is 0 Å². The zero-order valence-electron chi connectivity index (χ0n) is 9.49. The molecule has 0 aliphatic carbocycles. The largest absolute Gasteiger partial charge is 0.444 e. The molecule has 0 aromatic heterocycles. The zero-order chi connectivity index (χ0) is 11.1. The van der Waals surface area contributed by atoms with E-state index < -0.39 is 5.60 Å². The molecular weight excluding hydrogens is 192 g/mol. The molecule has 2 atom stereocenters. The van der Waals surface area contributed by atoms with E-state index in [1.165, 1.54) is 0 Å². The fourth-order valence-electron chi connectivity index (χ4n) is 1.92. The Labute approximate surface area is 90.3 Å². The number of ether oxygens (including phenoxy) is 1. The van der Waals surface area contributed by atoms with Crippen molar-refractivity contribution in [1.82, 2.24) is 10.2 Å². The smallest absolute Gasteiger partial charge is 0.411 e. The van der Waals surface area contributed by atoms with Crippen molar-refractivity contribution in [3.8, 4) is 0 Å². The lowest BCUT2D eigenvalue weighted by molar-refractivity contribution is 0.0249. The fourth-order valence-corrected chi connectivity index (χ4v) is 1.92. The average molecular weight is 210 g/mol. The molecule has 4 nitrogen and oxygen atoms in total. The number of nitrogens with zero attached hydrogens (tertiary/aromatic N) is 1. The molecular formula is C11H18N2O2. The Bertz CT molecular complexity index is 293. The molecule has 0 aromatic rings. The Morgan fingerprint density at radius 1 is 1.53 bits per heavy atom. The van der Waals surface area contributed by atoms with Crippen LogP contribution >= 0.6 is 0 Å². The molecule has 1 saturated heterocycles. The first-order valence-corrected chi connectivity index (χ1v) is 5.38. The Kier molecular flexibility index (Phi) is 2.46. The summed E-state index contributed by atoms with van der Waals surface area (Å²) in [4.78, 5) is 13.6. The van der Waals surface area contributed by atoms with Gasteiger partial charge < -0.3 is 4.74 Å². The van der Waals surface area contributed by atoms with Crippen molar-refractivity contribution in [3.63, 3.8) is 0 Å². The molecule has 2 bridgehead atoms. The molecule has 1 N–H and O–H groups in total. The van der Waals surface area contributed by atoms with Crippen LogP contribution in [0.25, 0.3) is 0 Å². The van der Waals surface area contributed by atoms with E-state index in [1.54, 1.807) is 4.90 Å². The second kappa shape index (κ2) is 3.52. The van der Waals surface area contributed by atoms with Gasteiger partial charge in [-0.1, -0.05) is 12.2 Å². The van der Waals surface area contributed by atoms with Gasteiger partial charge in [-0.25, -0.2) is 4.79 Å². The topological polar surface area (TPSA) is 41.6 Å². The summed E-state index contributed by atoms with van der Waals surface area (Å²) in [6, 6.07) is 0.396. The van der Waals surface area contributed by atoms with Crippen LogP contribution in [0.4, 0.5) is 4.79 Å². The Morgan fingerprint density at radius 2 is 2.27 bits per heavy atom. The van der Waals surface area contributed by atoms with E-state index in [0.29, 0.717) is 6.04 Å². The molecule has 2 heterocycles. The SMILES string of the molecule is CC(C)(C)OC(=O)N1CC2CC=CC1N2. The normalized spacial score (nSPS) is 29.4. The lowest BCUT2D eigenvalue weighted by Gasteiger charge is -2.26. The number of hydrogen-bond acceptors (Lipinski definition) is 3. The van der Waals surface area contributed by atoms with E-state index in [9.17, 15) is 4.79 Å². The van der Waals surface area contributed by atoms with Gasteiger partial charge in [-0.05, 0) is 27.2 Å². The zero-order valence-corrected chi connectivity index (χ0v) is 9.49. The monoisotopic (exact) mass is 210 g/mol. The second-order valence-corrected chi connectivity index (χ2v) is 5.10. The summed E-state index contributed by atoms with van der Waals surface area (Å²) >= 11 is 0. The maximum Gasteiger partial charge on any atom is 0.411 e. The highest BCUT2D eigenvalue weighted by Crippen LogP contribution is 2.20. The Balaban J connectivity index is 2.00. The number of rotatable bonds is 0. The van der Waals surface area contributed by atoms with Gasteiger partial charge in [-0.2, -0.15) is 0 Å². The second-order valence-electron chi connectivity index (χ2n) is 5.10. The van der Waals surface area contributed by atoms with Crippen molar-refractivity contribution in [2.75, 3.05) is 6.54 Å². The third-order valence-corrected chi connectivity index (χ3v) is 2.53. The summed E-state index contributed by atoms with van der Waals surface area (Å²) in [7, 11) is 0. The van der Waals surface area contributed by atoms with Gasteiger partial charge in [0.25, 0.3) is 0 Å². The van der Waals surface area contributed by atoms with Crippen LogP contribution in [0.1, 0.15) is 27.2 Å². The predicted octanol–water partition coefficient (Wildman–Crippen LogP) is 1.48. The molecule has 2 aliphatic rings. The van der Waals surface area contributed by atoms with Crippen molar-refractivity contribution in [2.45, 2.75) is 45.0 Å². The molecule has 1 fully saturated rings. The summed E-state index contributed by atoms with van der Waals surface area (Å²) in [5.41, 5.74) is -0.419. The maximum atomic E-state index is 11.8. The highest BCUT2D eigenvalue weighted by Gasteiger charge is 2.36. The van der Waals surface area contributed by atoms with Gasteiger partial charge in [0, 0.05) is 12.6 Å². The summed E-state index contributed by atoms with van der Waals surface area (Å²) in [6.45, 7) is 6.40. The highest BCUT2D eigenvalue weighted by atomic mass is 16.6. The molecule has 4 heteroatoms. The van der Waals surface area contributed by atoms with Gasteiger partial charge in [0.1, 0.15) is 11.8 Å². The molecule has 0 saturated carbocycles. The van der Waals surface area contributed by atoms with E-state index in [1.807, 2.05) is 26.8 Å². The van der Waals surface area contributed by atoms with Crippen LogP contribution in [0, 0.1) is 0 Å². The number of carbonyl (C=O) groups is 1. The van der Waals surface area contributed by atoms with E-state index in [4.69, 9.17) is 4.74 Å². The maximum absolute atomic E-state index is 11.8. The summed E-state index contributed by atoms with van der Waals surface area (Å²) in [5.74, 6) is 0. The van der Waals surface area contributed by atoms with Gasteiger partial charge in [0.15, 0.2) is 0 Å². The lowest BCUT2D eigenvalue weighted by atomic mass is 10.2. The van der Waals surface area contributed by atoms with Crippen LogP contribution < -0.4 is 5.32 Å². The van der Waals surface area contributed by atoms with Gasteiger partial charge >= 0.3 is 6.09 Å². The quantitative estimate of drug-likeness (QED) is 0.616. The lowest BCUT2D eigenvalue weighted by Crippen LogP contribution is -2.42. The van der Waals surface area contributed by atoms with Crippen LogP contribution in [-0.2, 0) is 4.74 Å². The number of fused-ring (bicyclic) bond motifs is 2.